The van der Waals surface area contributed by atoms with E-state index in [-0.39, 0.29) is 11.6 Å². The number of nitro benzene ring substituents is 1. The number of nitrogens with zero attached hydrogens (tertiary/aromatic N) is 2. The summed E-state index contributed by atoms with van der Waals surface area (Å²) in [7, 11) is 0. The third-order valence-electron chi connectivity index (χ3n) is 3.70. The standard InChI is InChI=1S/C17H16N2O3S/c20-17(10-5-13-3-6-15(7-4-13)19(21)22)18(14-8-9-14)12-16-2-1-11-23-16/h1-7,10-11,14H,8-9,12H2/b10-5+. The van der Waals surface area contributed by atoms with Gasteiger partial charge in [0.2, 0.25) is 5.91 Å². The number of carbonyl (C=O) groups is 1. The van der Waals surface area contributed by atoms with Crippen LogP contribution in [0.3, 0.4) is 0 Å². The van der Waals surface area contributed by atoms with E-state index < -0.39 is 4.92 Å². The van der Waals surface area contributed by atoms with Crippen LogP contribution in [0.2, 0.25) is 0 Å². The van der Waals surface area contributed by atoms with Crippen molar-refractivity contribution in [2.45, 2.75) is 25.4 Å². The molecule has 3 rings (SSSR count). The molecule has 0 aliphatic heterocycles. The Morgan fingerprint density at radius 1 is 1.30 bits per heavy atom. The molecular formula is C17H16N2O3S. The summed E-state index contributed by atoms with van der Waals surface area (Å²) < 4.78 is 0. The molecule has 1 aliphatic carbocycles. The van der Waals surface area contributed by atoms with Gasteiger partial charge in [-0.05, 0) is 48.1 Å². The lowest BCUT2D eigenvalue weighted by atomic mass is 10.2. The van der Waals surface area contributed by atoms with E-state index in [2.05, 4.69) is 0 Å². The quantitative estimate of drug-likeness (QED) is 0.459. The lowest BCUT2D eigenvalue weighted by Crippen LogP contribution is -2.30. The van der Waals surface area contributed by atoms with Gasteiger partial charge in [-0.2, -0.15) is 0 Å². The van der Waals surface area contributed by atoms with Gasteiger partial charge in [-0.1, -0.05) is 6.07 Å². The predicted molar refractivity (Wildman–Crippen MR) is 90.0 cm³/mol. The first kappa shape index (κ1) is 15.4. The molecule has 6 heteroatoms. The number of nitro groups is 1. The summed E-state index contributed by atoms with van der Waals surface area (Å²) in [6.07, 6.45) is 5.37. The van der Waals surface area contributed by atoms with Crippen LogP contribution < -0.4 is 0 Å². The molecule has 0 radical (unpaired) electrons. The Balaban J connectivity index is 1.67. The van der Waals surface area contributed by atoms with E-state index in [1.165, 1.54) is 17.0 Å². The lowest BCUT2D eigenvalue weighted by Gasteiger charge is -2.19. The van der Waals surface area contributed by atoms with Crippen LogP contribution >= 0.6 is 11.3 Å². The van der Waals surface area contributed by atoms with E-state index in [4.69, 9.17) is 0 Å². The second kappa shape index (κ2) is 6.75. The van der Waals surface area contributed by atoms with Crippen LogP contribution in [-0.2, 0) is 11.3 Å². The molecule has 1 aromatic heterocycles. The average molecular weight is 328 g/mol. The first-order valence-corrected chi connectivity index (χ1v) is 8.27. The molecule has 2 aromatic rings. The van der Waals surface area contributed by atoms with Gasteiger partial charge >= 0.3 is 0 Å². The van der Waals surface area contributed by atoms with Crippen LogP contribution in [0.15, 0.2) is 47.9 Å². The smallest absolute Gasteiger partial charge is 0.269 e. The first-order valence-electron chi connectivity index (χ1n) is 7.39. The van der Waals surface area contributed by atoms with Gasteiger partial charge in [-0.25, -0.2) is 0 Å². The summed E-state index contributed by atoms with van der Waals surface area (Å²) in [4.78, 5) is 25.7. The van der Waals surface area contributed by atoms with Crippen molar-refractivity contribution in [2.24, 2.45) is 0 Å². The number of carbonyl (C=O) groups excluding carboxylic acids is 1. The summed E-state index contributed by atoms with van der Waals surface area (Å²) in [5.41, 5.74) is 0.821. The molecule has 0 bridgehead atoms. The summed E-state index contributed by atoms with van der Waals surface area (Å²) in [6, 6.07) is 10.5. The summed E-state index contributed by atoms with van der Waals surface area (Å²) in [6.45, 7) is 0.645. The Hall–Kier alpha value is -2.47. The Labute approximate surface area is 138 Å². The monoisotopic (exact) mass is 328 g/mol. The average Bonchev–Trinajstić information content (AvgIpc) is 3.26. The number of amides is 1. The zero-order valence-corrected chi connectivity index (χ0v) is 13.2. The fourth-order valence-electron chi connectivity index (χ4n) is 2.31. The minimum Gasteiger partial charge on any atom is -0.331 e. The van der Waals surface area contributed by atoms with Crippen LogP contribution in [-0.4, -0.2) is 21.8 Å². The third-order valence-corrected chi connectivity index (χ3v) is 4.56. The molecule has 1 amide bonds. The zero-order chi connectivity index (χ0) is 16.2. The molecule has 0 saturated heterocycles. The highest BCUT2D eigenvalue weighted by molar-refractivity contribution is 7.09. The number of thiophene rings is 1. The van der Waals surface area contributed by atoms with E-state index in [0.717, 1.165) is 18.4 Å². The van der Waals surface area contributed by atoms with Gasteiger partial charge in [0.05, 0.1) is 11.5 Å². The van der Waals surface area contributed by atoms with Gasteiger partial charge in [0.1, 0.15) is 0 Å². The van der Waals surface area contributed by atoms with E-state index in [9.17, 15) is 14.9 Å². The van der Waals surface area contributed by atoms with Crippen molar-refractivity contribution < 1.29 is 9.72 Å². The maximum atomic E-state index is 12.4. The molecule has 1 fully saturated rings. The molecule has 23 heavy (non-hydrogen) atoms. The third kappa shape index (κ3) is 4.04. The molecule has 1 saturated carbocycles. The Bertz CT molecular complexity index is 719. The highest BCUT2D eigenvalue weighted by Gasteiger charge is 2.31. The van der Waals surface area contributed by atoms with Gasteiger partial charge in [0, 0.05) is 29.1 Å². The van der Waals surface area contributed by atoms with Gasteiger partial charge in [0.25, 0.3) is 5.69 Å². The summed E-state index contributed by atoms with van der Waals surface area (Å²) in [5.74, 6) is -0.0146. The van der Waals surface area contributed by atoms with Gasteiger partial charge in [-0.15, -0.1) is 11.3 Å². The van der Waals surface area contributed by atoms with Crippen molar-refractivity contribution in [3.8, 4) is 0 Å². The highest BCUT2D eigenvalue weighted by atomic mass is 32.1. The van der Waals surface area contributed by atoms with E-state index in [1.54, 1.807) is 35.6 Å². The largest absolute Gasteiger partial charge is 0.331 e. The highest BCUT2D eigenvalue weighted by Crippen LogP contribution is 2.29. The molecule has 0 unspecified atom stereocenters. The number of hydrogen-bond acceptors (Lipinski definition) is 4. The number of rotatable bonds is 6. The summed E-state index contributed by atoms with van der Waals surface area (Å²) in [5, 5.41) is 12.6. The fraction of sp³-hybridized carbons (Fsp3) is 0.235. The second-order valence-electron chi connectivity index (χ2n) is 5.46. The van der Waals surface area contributed by atoms with Crippen LogP contribution in [0, 0.1) is 10.1 Å². The fourth-order valence-corrected chi connectivity index (χ4v) is 3.02. The minimum absolute atomic E-state index is 0.0146. The van der Waals surface area contributed by atoms with Crippen molar-refractivity contribution in [1.82, 2.24) is 4.90 Å². The molecule has 0 spiro atoms. The van der Waals surface area contributed by atoms with Crippen LogP contribution in [0.5, 0.6) is 0 Å². The topological polar surface area (TPSA) is 63.4 Å². The molecule has 0 N–H and O–H groups in total. The molecule has 0 atom stereocenters. The lowest BCUT2D eigenvalue weighted by molar-refractivity contribution is -0.384. The SMILES string of the molecule is O=C(/C=C/c1ccc([N+](=O)[O-])cc1)N(Cc1cccs1)C1CC1. The molecule has 1 heterocycles. The van der Waals surface area contributed by atoms with Crippen LogP contribution in [0.4, 0.5) is 5.69 Å². The Morgan fingerprint density at radius 3 is 2.61 bits per heavy atom. The molecule has 1 aliphatic rings. The Morgan fingerprint density at radius 2 is 2.04 bits per heavy atom. The van der Waals surface area contributed by atoms with Crippen molar-refractivity contribution in [1.29, 1.82) is 0 Å². The zero-order valence-electron chi connectivity index (χ0n) is 12.4. The van der Waals surface area contributed by atoms with Crippen LogP contribution in [0.25, 0.3) is 6.08 Å². The van der Waals surface area contributed by atoms with E-state index in [1.807, 2.05) is 22.4 Å². The Kier molecular flexibility index (Phi) is 4.52. The van der Waals surface area contributed by atoms with E-state index in [0.29, 0.717) is 12.6 Å². The van der Waals surface area contributed by atoms with Gasteiger partial charge in [-0.3, -0.25) is 14.9 Å². The molecule has 5 nitrogen and oxygen atoms in total. The van der Waals surface area contributed by atoms with Crippen molar-refractivity contribution in [3.05, 3.63) is 68.4 Å². The van der Waals surface area contributed by atoms with Gasteiger partial charge in [0.15, 0.2) is 0 Å². The first-order chi connectivity index (χ1) is 11.1. The molecule has 1 aromatic carbocycles. The normalized spacial score (nSPS) is 14.1. The maximum absolute atomic E-state index is 12.4. The van der Waals surface area contributed by atoms with Crippen molar-refractivity contribution >= 4 is 29.0 Å². The number of benzene rings is 1. The number of hydrogen-bond donors (Lipinski definition) is 0. The summed E-state index contributed by atoms with van der Waals surface area (Å²) >= 11 is 1.65. The van der Waals surface area contributed by atoms with Gasteiger partial charge < -0.3 is 4.90 Å². The maximum Gasteiger partial charge on any atom is 0.269 e. The van der Waals surface area contributed by atoms with E-state index >= 15 is 0 Å². The molecule has 118 valence electrons. The van der Waals surface area contributed by atoms with Crippen molar-refractivity contribution in [2.75, 3.05) is 0 Å². The molecular weight excluding hydrogens is 312 g/mol. The minimum atomic E-state index is -0.436. The second-order valence-corrected chi connectivity index (χ2v) is 6.49. The number of non-ortho nitro benzene ring substituents is 1. The van der Waals surface area contributed by atoms with Crippen LogP contribution in [0.1, 0.15) is 23.3 Å². The van der Waals surface area contributed by atoms with Crippen molar-refractivity contribution in [3.63, 3.8) is 0 Å². The predicted octanol–water partition coefficient (Wildman–Crippen LogP) is 3.86.